The molecule has 2 aromatic rings. The quantitative estimate of drug-likeness (QED) is 0.432. The number of benzene rings is 2. The highest BCUT2D eigenvalue weighted by Gasteiger charge is 2.22. The predicted octanol–water partition coefficient (Wildman–Crippen LogP) is 2.50. The second-order valence-corrected chi connectivity index (χ2v) is 5.96. The van der Waals surface area contributed by atoms with Crippen molar-refractivity contribution in [2.75, 3.05) is 11.9 Å². The number of hydrogen-bond acceptors (Lipinski definition) is 4. The van der Waals surface area contributed by atoms with Crippen molar-refractivity contribution in [3.05, 3.63) is 64.1 Å². The first kappa shape index (κ1) is 18.8. The molecule has 25 heavy (non-hydrogen) atoms. The van der Waals surface area contributed by atoms with Crippen molar-refractivity contribution < 1.29 is 23.6 Å². The van der Waals surface area contributed by atoms with Crippen LogP contribution in [-0.2, 0) is 9.59 Å². The molecule has 0 aliphatic carbocycles. The molecule has 2 aromatic carbocycles. The lowest BCUT2D eigenvalue weighted by Crippen LogP contribution is -2.41. The van der Waals surface area contributed by atoms with E-state index in [2.05, 4.69) is 26.6 Å². The second kappa shape index (κ2) is 8.54. The lowest BCUT2D eigenvalue weighted by molar-refractivity contribution is -0.134. The highest BCUT2D eigenvalue weighted by atomic mass is 79.9. The number of carbonyl (C=O) groups excluding carboxylic acids is 2. The van der Waals surface area contributed by atoms with Crippen LogP contribution >= 0.6 is 15.9 Å². The third kappa shape index (κ3) is 5.50. The molecule has 0 aliphatic heterocycles. The zero-order valence-corrected chi connectivity index (χ0v) is 14.3. The number of anilines is 1. The van der Waals surface area contributed by atoms with Crippen molar-refractivity contribution in [3.63, 3.8) is 0 Å². The van der Waals surface area contributed by atoms with E-state index in [1.54, 1.807) is 24.3 Å². The summed E-state index contributed by atoms with van der Waals surface area (Å²) in [6.45, 7) is -0.325. The summed E-state index contributed by atoms with van der Waals surface area (Å²) in [6, 6.07) is 8.18. The minimum atomic E-state index is -1.13. The second-order valence-electron chi connectivity index (χ2n) is 5.04. The highest BCUT2D eigenvalue weighted by molar-refractivity contribution is 9.10. The van der Waals surface area contributed by atoms with E-state index in [0.29, 0.717) is 11.6 Å². The van der Waals surface area contributed by atoms with Gasteiger partial charge >= 0.3 is 0 Å². The van der Waals surface area contributed by atoms with E-state index in [-0.39, 0.29) is 12.2 Å². The average molecular weight is 414 g/mol. The molecule has 0 aromatic heterocycles. The van der Waals surface area contributed by atoms with E-state index in [1.807, 2.05) is 0 Å². The smallest absolute Gasteiger partial charge is 0.270 e. The fourth-order valence-corrected chi connectivity index (χ4v) is 2.33. The standard InChI is InChI=1S/C16H14BrF2N3O3/c17-10-3-1-9(2-4-10)15(16(24)22-25)21-14(23)8-20-13-6-11(18)5-12(19)7-13/h1-7,15,20,25H,8H2,(H,21,23)(H,22,24). The van der Waals surface area contributed by atoms with Gasteiger partial charge in [-0.25, -0.2) is 14.3 Å². The Bertz CT molecular complexity index is 751. The first-order valence-corrected chi connectivity index (χ1v) is 7.87. The van der Waals surface area contributed by atoms with Crippen LogP contribution in [0.3, 0.4) is 0 Å². The predicted molar refractivity (Wildman–Crippen MR) is 89.8 cm³/mol. The van der Waals surface area contributed by atoms with Gasteiger partial charge in [-0.15, -0.1) is 0 Å². The molecular weight excluding hydrogens is 400 g/mol. The van der Waals surface area contributed by atoms with Gasteiger partial charge in [-0.2, -0.15) is 0 Å². The summed E-state index contributed by atoms with van der Waals surface area (Å²) >= 11 is 3.25. The molecule has 0 spiro atoms. The molecule has 0 heterocycles. The number of hydrogen-bond donors (Lipinski definition) is 4. The fraction of sp³-hybridized carbons (Fsp3) is 0.125. The summed E-state index contributed by atoms with van der Waals surface area (Å²) in [6.07, 6.45) is 0. The van der Waals surface area contributed by atoms with Crippen LogP contribution in [-0.4, -0.2) is 23.6 Å². The van der Waals surface area contributed by atoms with Crippen molar-refractivity contribution in [1.82, 2.24) is 10.8 Å². The van der Waals surface area contributed by atoms with Gasteiger partial charge in [0.15, 0.2) is 0 Å². The summed E-state index contributed by atoms with van der Waals surface area (Å²) in [4.78, 5) is 23.8. The first-order chi connectivity index (χ1) is 11.9. The summed E-state index contributed by atoms with van der Waals surface area (Å²) in [5, 5.41) is 13.8. The third-order valence-corrected chi connectivity index (χ3v) is 3.73. The lowest BCUT2D eigenvalue weighted by Gasteiger charge is -2.17. The van der Waals surface area contributed by atoms with E-state index in [0.717, 1.165) is 16.6 Å². The van der Waals surface area contributed by atoms with Crippen LogP contribution < -0.4 is 16.1 Å². The molecule has 9 heteroatoms. The van der Waals surface area contributed by atoms with Crippen molar-refractivity contribution in [2.45, 2.75) is 6.04 Å². The van der Waals surface area contributed by atoms with Gasteiger partial charge in [0.1, 0.15) is 17.7 Å². The first-order valence-electron chi connectivity index (χ1n) is 7.08. The molecule has 1 unspecified atom stereocenters. The van der Waals surface area contributed by atoms with Crippen molar-refractivity contribution in [1.29, 1.82) is 0 Å². The minimum absolute atomic E-state index is 0.0828. The van der Waals surface area contributed by atoms with Crippen LogP contribution in [0.5, 0.6) is 0 Å². The Labute approximate surface area is 150 Å². The molecule has 0 aliphatic rings. The Morgan fingerprint density at radius 3 is 2.24 bits per heavy atom. The number of rotatable bonds is 6. The van der Waals surface area contributed by atoms with E-state index in [4.69, 9.17) is 5.21 Å². The number of carbonyl (C=O) groups is 2. The maximum atomic E-state index is 13.1. The molecule has 0 radical (unpaired) electrons. The normalized spacial score (nSPS) is 11.5. The van der Waals surface area contributed by atoms with Gasteiger partial charge in [-0.3, -0.25) is 14.8 Å². The lowest BCUT2D eigenvalue weighted by atomic mass is 10.1. The number of halogens is 3. The van der Waals surface area contributed by atoms with Crippen LogP contribution in [0.2, 0.25) is 0 Å². The summed E-state index contributed by atoms with van der Waals surface area (Å²) < 4.78 is 27.0. The zero-order chi connectivity index (χ0) is 18.4. The van der Waals surface area contributed by atoms with Crippen LogP contribution in [0.4, 0.5) is 14.5 Å². The van der Waals surface area contributed by atoms with E-state index in [1.165, 1.54) is 5.48 Å². The third-order valence-electron chi connectivity index (χ3n) is 3.20. The molecule has 4 N–H and O–H groups in total. The fourth-order valence-electron chi connectivity index (χ4n) is 2.07. The molecule has 2 amide bonds. The molecule has 0 saturated carbocycles. The average Bonchev–Trinajstić information content (AvgIpc) is 2.57. The van der Waals surface area contributed by atoms with Crippen molar-refractivity contribution >= 4 is 33.4 Å². The van der Waals surface area contributed by atoms with Gasteiger partial charge in [0.05, 0.1) is 6.54 Å². The molecule has 1 atom stereocenters. The minimum Gasteiger partial charge on any atom is -0.376 e. The Hall–Kier alpha value is -2.52. The maximum Gasteiger partial charge on any atom is 0.270 e. The van der Waals surface area contributed by atoms with Crippen LogP contribution in [0.15, 0.2) is 46.9 Å². The molecule has 2 rings (SSSR count). The zero-order valence-electron chi connectivity index (χ0n) is 12.7. The van der Waals surface area contributed by atoms with E-state index >= 15 is 0 Å². The van der Waals surface area contributed by atoms with Gasteiger partial charge in [-0.05, 0) is 29.8 Å². The number of amides is 2. The molecular formula is C16H14BrF2N3O3. The molecule has 132 valence electrons. The Balaban J connectivity index is 2.04. The van der Waals surface area contributed by atoms with Crippen LogP contribution in [0.25, 0.3) is 0 Å². The number of nitrogens with one attached hydrogen (secondary N) is 3. The van der Waals surface area contributed by atoms with Crippen LogP contribution in [0.1, 0.15) is 11.6 Å². The van der Waals surface area contributed by atoms with Gasteiger partial charge in [0, 0.05) is 16.2 Å². The Morgan fingerprint density at radius 2 is 1.68 bits per heavy atom. The van der Waals surface area contributed by atoms with Crippen molar-refractivity contribution in [3.8, 4) is 0 Å². The topological polar surface area (TPSA) is 90.5 Å². The molecule has 0 bridgehead atoms. The Kier molecular flexibility index (Phi) is 6.43. The largest absolute Gasteiger partial charge is 0.376 e. The van der Waals surface area contributed by atoms with Crippen LogP contribution in [0, 0.1) is 11.6 Å². The monoisotopic (exact) mass is 413 g/mol. The summed E-state index contributed by atoms with van der Waals surface area (Å²) in [5.74, 6) is -3.00. The highest BCUT2D eigenvalue weighted by Crippen LogP contribution is 2.17. The van der Waals surface area contributed by atoms with Gasteiger partial charge in [0.2, 0.25) is 5.91 Å². The van der Waals surface area contributed by atoms with E-state index < -0.39 is 29.5 Å². The van der Waals surface area contributed by atoms with Gasteiger partial charge in [0.25, 0.3) is 5.91 Å². The summed E-state index contributed by atoms with van der Waals surface area (Å²) in [5.41, 5.74) is 2.01. The summed E-state index contributed by atoms with van der Waals surface area (Å²) in [7, 11) is 0. The maximum absolute atomic E-state index is 13.1. The molecule has 6 nitrogen and oxygen atoms in total. The Morgan fingerprint density at radius 1 is 1.08 bits per heavy atom. The van der Waals surface area contributed by atoms with Gasteiger partial charge < -0.3 is 10.6 Å². The molecule has 0 saturated heterocycles. The SMILES string of the molecule is O=C(CNc1cc(F)cc(F)c1)NC(C(=O)NO)c1ccc(Br)cc1. The number of hydroxylamine groups is 1. The van der Waals surface area contributed by atoms with Crippen molar-refractivity contribution in [2.24, 2.45) is 0 Å². The van der Waals surface area contributed by atoms with Gasteiger partial charge in [-0.1, -0.05) is 28.1 Å². The van der Waals surface area contributed by atoms with E-state index in [9.17, 15) is 18.4 Å². The molecule has 0 fully saturated rings.